The number of ether oxygens (including phenoxy) is 1. The van der Waals surface area contributed by atoms with Gasteiger partial charge in [-0.3, -0.25) is 4.79 Å². The van der Waals surface area contributed by atoms with Crippen LogP contribution in [0.4, 0.5) is 0 Å². The van der Waals surface area contributed by atoms with E-state index in [1.54, 1.807) is 0 Å². The van der Waals surface area contributed by atoms with Crippen molar-refractivity contribution < 1.29 is 9.53 Å². The lowest BCUT2D eigenvalue weighted by molar-refractivity contribution is -0.128. The van der Waals surface area contributed by atoms with E-state index in [0.717, 1.165) is 32.2 Å². The van der Waals surface area contributed by atoms with E-state index in [2.05, 4.69) is 24.5 Å². The van der Waals surface area contributed by atoms with Gasteiger partial charge in [0.15, 0.2) is 0 Å². The Bertz CT molecular complexity index is 223. The molecule has 0 unspecified atom stereocenters. The van der Waals surface area contributed by atoms with Crippen molar-refractivity contribution >= 4 is 5.91 Å². The summed E-state index contributed by atoms with van der Waals surface area (Å²) in [5, 5.41) is 6.15. The molecular formula is C13H26N2O2. The van der Waals surface area contributed by atoms with Gasteiger partial charge in [-0.2, -0.15) is 0 Å². The van der Waals surface area contributed by atoms with Crippen LogP contribution in [0, 0.1) is 5.92 Å². The Kier molecular flexibility index (Phi) is 6.52. The van der Waals surface area contributed by atoms with Crippen molar-refractivity contribution in [1.29, 1.82) is 0 Å². The fraction of sp³-hybridized carbons (Fsp3) is 0.923. The van der Waals surface area contributed by atoms with Gasteiger partial charge in [0.1, 0.15) is 6.61 Å². The van der Waals surface area contributed by atoms with Crippen molar-refractivity contribution in [2.75, 3.05) is 20.2 Å². The number of rotatable bonds is 6. The van der Waals surface area contributed by atoms with Gasteiger partial charge in [0.2, 0.25) is 5.91 Å². The molecule has 4 heteroatoms. The average Bonchev–Trinajstić information content (AvgIpc) is 2.34. The van der Waals surface area contributed by atoms with Crippen molar-refractivity contribution in [3.8, 4) is 0 Å². The smallest absolute Gasteiger partial charge is 0.246 e. The summed E-state index contributed by atoms with van der Waals surface area (Å²) < 4.78 is 5.63. The molecule has 1 fully saturated rings. The maximum absolute atomic E-state index is 11.5. The maximum atomic E-state index is 11.5. The topological polar surface area (TPSA) is 50.4 Å². The van der Waals surface area contributed by atoms with E-state index in [4.69, 9.17) is 4.74 Å². The lowest BCUT2D eigenvalue weighted by Crippen LogP contribution is -2.36. The monoisotopic (exact) mass is 242 g/mol. The predicted molar refractivity (Wildman–Crippen MR) is 68.9 cm³/mol. The number of carbonyl (C=O) groups is 1. The highest BCUT2D eigenvalue weighted by molar-refractivity contribution is 5.77. The van der Waals surface area contributed by atoms with E-state index in [1.165, 1.54) is 0 Å². The second-order valence-corrected chi connectivity index (χ2v) is 5.27. The van der Waals surface area contributed by atoms with E-state index < -0.39 is 0 Å². The molecule has 0 spiro atoms. The molecule has 0 aromatic carbocycles. The van der Waals surface area contributed by atoms with Gasteiger partial charge in [-0.05, 0) is 38.6 Å². The molecular weight excluding hydrogens is 216 g/mol. The number of amides is 1. The Balaban J connectivity index is 2.08. The summed E-state index contributed by atoms with van der Waals surface area (Å²) in [6.45, 7) is 5.11. The average molecular weight is 242 g/mol. The Morgan fingerprint density at radius 2 is 1.94 bits per heavy atom. The number of nitrogens with one attached hydrogen (secondary N) is 2. The molecule has 1 saturated carbocycles. The molecule has 100 valence electrons. The molecule has 0 aliphatic heterocycles. The third-order valence-corrected chi connectivity index (χ3v) is 3.24. The summed E-state index contributed by atoms with van der Waals surface area (Å²) in [4.78, 5) is 11.5. The van der Waals surface area contributed by atoms with Gasteiger partial charge in [0, 0.05) is 12.6 Å². The normalized spacial score (nSPS) is 24.9. The molecule has 2 N–H and O–H groups in total. The fourth-order valence-corrected chi connectivity index (χ4v) is 2.08. The van der Waals surface area contributed by atoms with Crippen LogP contribution in [0.5, 0.6) is 0 Å². The van der Waals surface area contributed by atoms with Crippen LogP contribution < -0.4 is 10.6 Å². The molecule has 1 amide bonds. The van der Waals surface area contributed by atoms with E-state index >= 15 is 0 Å². The molecule has 0 aromatic rings. The third kappa shape index (κ3) is 6.03. The van der Waals surface area contributed by atoms with Gasteiger partial charge in [-0.25, -0.2) is 0 Å². The number of carbonyl (C=O) groups excluding carboxylic acids is 1. The molecule has 4 nitrogen and oxygen atoms in total. The third-order valence-electron chi connectivity index (χ3n) is 3.24. The van der Waals surface area contributed by atoms with Crippen molar-refractivity contribution in [2.24, 2.45) is 5.92 Å². The Labute approximate surface area is 104 Å². The molecule has 0 atom stereocenters. The van der Waals surface area contributed by atoms with Gasteiger partial charge >= 0.3 is 0 Å². The Morgan fingerprint density at radius 1 is 1.29 bits per heavy atom. The summed E-state index contributed by atoms with van der Waals surface area (Å²) in [6.07, 6.45) is 4.68. The second kappa shape index (κ2) is 7.67. The predicted octanol–water partition coefficient (Wildman–Crippen LogP) is 1.31. The van der Waals surface area contributed by atoms with Crippen molar-refractivity contribution in [3.63, 3.8) is 0 Å². The minimum atomic E-state index is 0.00874. The molecule has 0 heterocycles. The van der Waals surface area contributed by atoms with E-state index in [-0.39, 0.29) is 18.6 Å². The Morgan fingerprint density at radius 3 is 2.47 bits per heavy atom. The first-order valence-corrected chi connectivity index (χ1v) is 6.67. The maximum Gasteiger partial charge on any atom is 0.246 e. The zero-order chi connectivity index (χ0) is 12.7. The fourth-order valence-electron chi connectivity index (χ4n) is 2.08. The van der Waals surface area contributed by atoms with Crippen LogP contribution >= 0.6 is 0 Å². The van der Waals surface area contributed by atoms with Crippen LogP contribution in [0.2, 0.25) is 0 Å². The van der Waals surface area contributed by atoms with Crippen molar-refractivity contribution in [1.82, 2.24) is 10.6 Å². The van der Waals surface area contributed by atoms with Crippen LogP contribution in [-0.2, 0) is 9.53 Å². The van der Waals surface area contributed by atoms with Gasteiger partial charge in [0.25, 0.3) is 0 Å². The highest BCUT2D eigenvalue weighted by Gasteiger charge is 2.20. The van der Waals surface area contributed by atoms with Gasteiger partial charge < -0.3 is 15.4 Å². The summed E-state index contributed by atoms with van der Waals surface area (Å²) in [5.41, 5.74) is 0. The van der Waals surface area contributed by atoms with Crippen molar-refractivity contribution in [3.05, 3.63) is 0 Å². The van der Waals surface area contributed by atoms with Gasteiger partial charge in [0.05, 0.1) is 6.10 Å². The first-order valence-electron chi connectivity index (χ1n) is 6.67. The molecule has 0 radical (unpaired) electrons. The van der Waals surface area contributed by atoms with Crippen LogP contribution in [0.3, 0.4) is 0 Å². The van der Waals surface area contributed by atoms with Crippen LogP contribution in [-0.4, -0.2) is 38.3 Å². The molecule has 1 rings (SSSR count). The minimum absolute atomic E-state index is 0.00874. The Hall–Kier alpha value is -0.610. The first kappa shape index (κ1) is 14.5. The van der Waals surface area contributed by atoms with E-state index in [9.17, 15) is 4.79 Å². The van der Waals surface area contributed by atoms with Gasteiger partial charge in [-0.15, -0.1) is 0 Å². The quantitative estimate of drug-likeness (QED) is 0.738. The molecule has 0 bridgehead atoms. The molecule has 1 aliphatic carbocycles. The van der Waals surface area contributed by atoms with Crippen LogP contribution in [0.25, 0.3) is 0 Å². The molecule has 1 aliphatic rings. The molecule has 0 aromatic heterocycles. The highest BCUT2D eigenvalue weighted by Crippen LogP contribution is 2.20. The zero-order valence-electron chi connectivity index (χ0n) is 11.3. The van der Waals surface area contributed by atoms with Gasteiger partial charge in [-0.1, -0.05) is 13.8 Å². The van der Waals surface area contributed by atoms with E-state index in [0.29, 0.717) is 12.0 Å². The molecule has 17 heavy (non-hydrogen) atoms. The number of hydrogen-bond acceptors (Lipinski definition) is 3. The van der Waals surface area contributed by atoms with Crippen LogP contribution in [0.15, 0.2) is 0 Å². The number of hydrogen-bond donors (Lipinski definition) is 2. The van der Waals surface area contributed by atoms with E-state index in [1.807, 2.05) is 7.05 Å². The SMILES string of the molecule is CNC1CCC(OCC(=O)NCC(C)C)CC1. The summed E-state index contributed by atoms with van der Waals surface area (Å²) in [6, 6.07) is 0.629. The summed E-state index contributed by atoms with van der Waals surface area (Å²) in [5.74, 6) is 0.499. The lowest BCUT2D eigenvalue weighted by atomic mass is 9.93. The highest BCUT2D eigenvalue weighted by atomic mass is 16.5. The van der Waals surface area contributed by atoms with Crippen LogP contribution in [0.1, 0.15) is 39.5 Å². The lowest BCUT2D eigenvalue weighted by Gasteiger charge is -2.28. The molecule has 0 saturated heterocycles. The zero-order valence-corrected chi connectivity index (χ0v) is 11.3. The summed E-state index contributed by atoms with van der Waals surface area (Å²) in [7, 11) is 2.01. The first-order chi connectivity index (χ1) is 8.11. The van der Waals surface area contributed by atoms with Crippen molar-refractivity contribution in [2.45, 2.75) is 51.7 Å². The largest absolute Gasteiger partial charge is 0.368 e. The minimum Gasteiger partial charge on any atom is -0.368 e. The summed E-state index contributed by atoms with van der Waals surface area (Å²) >= 11 is 0. The standard InChI is InChI=1S/C13H26N2O2/c1-10(2)8-15-13(16)9-17-12-6-4-11(14-3)5-7-12/h10-12,14H,4-9H2,1-3H3,(H,15,16). The second-order valence-electron chi connectivity index (χ2n) is 5.27.